The Morgan fingerprint density at radius 2 is 1.87 bits per heavy atom. The summed E-state index contributed by atoms with van der Waals surface area (Å²) in [5, 5.41) is 22.8. The van der Waals surface area contributed by atoms with E-state index in [1.165, 1.54) is 18.5 Å². The Labute approximate surface area is 232 Å². The fourth-order valence-electron chi connectivity index (χ4n) is 3.63. The van der Waals surface area contributed by atoms with Gasteiger partial charge in [0.15, 0.2) is 12.0 Å². The van der Waals surface area contributed by atoms with E-state index >= 15 is 0 Å². The molecule has 0 aliphatic heterocycles. The van der Waals surface area contributed by atoms with Crippen LogP contribution in [0.2, 0.25) is 10.0 Å². The maximum absolute atomic E-state index is 13.5. The van der Waals surface area contributed by atoms with Crippen LogP contribution in [0.25, 0.3) is 28.9 Å². The highest BCUT2D eigenvalue weighted by atomic mass is 79.9. The molecule has 4 aromatic heterocycles. The van der Waals surface area contributed by atoms with E-state index in [-0.39, 0.29) is 23.2 Å². The van der Waals surface area contributed by atoms with Gasteiger partial charge in [-0.15, -0.1) is 10.2 Å². The van der Waals surface area contributed by atoms with Crippen LogP contribution in [-0.2, 0) is 0 Å². The summed E-state index contributed by atoms with van der Waals surface area (Å²) in [6.07, 6.45) is 5.67. The Bertz CT molecular complexity index is 1720. The first-order valence-corrected chi connectivity index (χ1v) is 12.2. The minimum absolute atomic E-state index is 0.0508. The SMILES string of the molecule is Cc1cc(Cl)cc(-c2nnc(-c3nccnc3[N+](=O)[O-])o2)c1NC(=O)c1cc(Br)cn1-c1ncccc1Cl. The van der Waals surface area contributed by atoms with Crippen molar-refractivity contribution in [3.05, 3.63) is 91.0 Å². The monoisotopic (exact) mass is 614 g/mol. The summed E-state index contributed by atoms with van der Waals surface area (Å²) in [7, 11) is 0. The van der Waals surface area contributed by atoms with E-state index in [0.717, 1.165) is 0 Å². The predicted octanol–water partition coefficient (Wildman–Crippen LogP) is 5.92. The number of aryl methyl sites for hydroxylation is 1. The number of hydrogen-bond acceptors (Lipinski definition) is 9. The molecule has 5 rings (SSSR count). The summed E-state index contributed by atoms with van der Waals surface area (Å²) in [4.78, 5) is 36.1. The number of nitrogens with one attached hydrogen (secondary N) is 1. The molecule has 1 N–H and O–H groups in total. The Morgan fingerprint density at radius 1 is 1.11 bits per heavy atom. The summed E-state index contributed by atoms with van der Waals surface area (Å²) in [5.74, 6) is -0.945. The lowest BCUT2D eigenvalue weighted by atomic mass is 10.1. The topological polar surface area (TPSA) is 155 Å². The lowest BCUT2D eigenvalue weighted by Gasteiger charge is -2.14. The average Bonchev–Trinajstić information content (AvgIpc) is 3.53. The number of amides is 1. The third-order valence-electron chi connectivity index (χ3n) is 5.24. The molecule has 1 amide bonds. The number of carbonyl (C=O) groups excluding carboxylic acids is 1. The van der Waals surface area contributed by atoms with Crippen LogP contribution >= 0.6 is 39.1 Å². The fourth-order valence-corrected chi connectivity index (χ4v) is 4.54. The molecule has 5 aromatic rings. The van der Waals surface area contributed by atoms with Gasteiger partial charge < -0.3 is 19.8 Å². The van der Waals surface area contributed by atoms with Gasteiger partial charge in [-0.1, -0.05) is 23.2 Å². The van der Waals surface area contributed by atoms with Gasteiger partial charge in [-0.2, -0.15) is 0 Å². The predicted molar refractivity (Wildman–Crippen MR) is 141 cm³/mol. The van der Waals surface area contributed by atoms with Gasteiger partial charge in [-0.05, 0) is 68.7 Å². The van der Waals surface area contributed by atoms with Crippen molar-refractivity contribution in [2.75, 3.05) is 5.32 Å². The molecule has 0 atom stereocenters. The molecule has 0 fully saturated rings. The number of pyridine rings is 1. The zero-order valence-electron chi connectivity index (χ0n) is 19.1. The Kier molecular flexibility index (Phi) is 6.89. The molecule has 12 nitrogen and oxygen atoms in total. The van der Waals surface area contributed by atoms with Gasteiger partial charge in [0.25, 0.3) is 11.8 Å². The van der Waals surface area contributed by atoms with Gasteiger partial charge in [0.2, 0.25) is 11.6 Å². The molecular weight excluding hydrogens is 603 g/mol. The standard InChI is InChI=1S/C23H13BrCl2N8O4/c1-11-7-13(25)9-14(22-31-32-23(38-22)18-20(34(36)37)29-6-5-27-18)17(11)30-21(35)16-8-12(24)10-33(16)19-15(26)3-2-4-28-19/h2-10H,1H3,(H,30,35). The quantitative estimate of drug-likeness (QED) is 0.181. The third-order valence-corrected chi connectivity index (χ3v) is 6.18. The van der Waals surface area contributed by atoms with Crippen LogP contribution in [0.3, 0.4) is 0 Å². The van der Waals surface area contributed by atoms with E-state index in [1.807, 2.05) is 0 Å². The van der Waals surface area contributed by atoms with E-state index in [9.17, 15) is 14.9 Å². The number of aromatic nitrogens is 6. The number of nitrogens with zero attached hydrogens (tertiary/aromatic N) is 7. The second kappa shape index (κ2) is 10.3. The zero-order chi connectivity index (χ0) is 27.0. The molecule has 4 heterocycles. The first-order chi connectivity index (χ1) is 18.2. The number of rotatable bonds is 6. The van der Waals surface area contributed by atoms with Crippen LogP contribution in [0.4, 0.5) is 11.5 Å². The second-order valence-electron chi connectivity index (χ2n) is 7.72. The van der Waals surface area contributed by atoms with Crippen molar-refractivity contribution in [3.8, 4) is 28.9 Å². The fraction of sp³-hybridized carbons (Fsp3) is 0.0435. The van der Waals surface area contributed by atoms with Gasteiger partial charge in [0.05, 0.1) is 22.5 Å². The largest absolute Gasteiger partial charge is 0.414 e. The van der Waals surface area contributed by atoms with Gasteiger partial charge in [-0.3, -0.25) is 9.36 Å². The maximum atomic E-state index is 13.5. The van der Waals surface area contributed by atoms with E-state index in [1.54, 1.807) is 48.1 Å². The molecule has 15 heteroatoms. The minimum Gasteiger partial charge on any atom is -0.414 e. The summed E-state index contributed by atoms with van der Waals surface area (Å²) in [5.41, 5.74) is 1.26. The van der Waals surface area contributed by atoms with Crippen molar-refractivity contribution >= 4 is 56.5 Å². The Balaban J connectivity index is 1.55. The van der Waals surface area contributed by atoms with Crippen LogP contribution in [0.1, 0.15) is 16.1 Å². The molecule has 190 valence electrons. The van der Waals surface area contributed by atoms with Crippen LogP contribution in [-0.4, -0.2) is 40.5 Å². The lowest BCUT2D eigenvalue weighted by molar-refractivity contribution is -0.389. The Hall–Kier alpha value is -4.20. The number of hydrogen-bond donors (Lipinski definition) is 1. The van der Waals surface area contributed by atoms with Gasteiger partial charge >= 0.3 is 5.82 Å². The smallest absolute Gasteiger partial charge is 0.395 e. The normalized spacial score (nSPS) is 10.9. The molecule has 0 saturated carbocycles. The van der Waals surface area contributed by atoms with Crippen molar-refractivity contribution in [2.24, 2.45) is 0 Å². The summed E-state index contributed by atoms with van der Waals surface area (Å²) in [6.45, 7) is 1.74. The van der Waals surface area contributed by atoms with Crippen molar-refractivity contribution in [2.45, 2.75) is 6.92 Å². The van der Waals surface area contributed by atoms with E-state index in [2.05, 4.69) is 46.4 Å². The number of carbonyl (C=O) groups is 1. The van der Waals surface area contributed by atoms with Gasteiger partial charge in [0.1, 0.15) is 5.69 Å². The third kappa shape index (κ3) is 4.86. The highest BCUT2D eigenvalue weighted by Gasteiger charge is 2.26. The molecule has 0 spiro atoms. The highest BCUT2D eigenvalue weighted by molar-refractivity contribution is 9.10. The zero-order valence-corrected chi connectivity index (χ0v) is 22.2. The molecule has 0 saturated heterocycles. The van der Waals surface area contributed by atoms with Crippen molar-refractivity contribution in [1.82, 2.24) is 29.7 Å². The summed E-state index contributed by atoms with van der Waals surface area (Å²) in [6, 6.07) is 8.13. The number of halogens is 3. The Morgan fingerprint density at radius 3 is 2.63 bits per heavy atom. The molecule has 0 aliphatic rings. The molecular formula is C23H13BrCl2N8O4. The second-order valence-corrected chi connectivity index (χ2v) is 9.48. The van der Waals surface area contributed by atoms with Crippen LogP contribution in [0.5, 0.6) is 0 Å². The van der Waals surface area contributed by atoms with E-state index < -0.39 is 16.6 Å². The molecule has 0 unspecified atom stereocenters. The van der Waals surface area contributed by atoms with Crippen LogP contribution in [0.15, 0.2) is 64.0 Å². The van der Waals surface area contributed by atoms with Crippen molar-refractivity contribution < 1.29 is 14.1 Å². The van der Waals surface area contributed by atoms with Gasteiger partial charge in [-0.25, -0.2) is 9.97 Å². The number of anilines is 1. The molecule has 1 aromatic carbocycles. The van der Waals surface area contributed by atoms with Crippen LogP contribution in [0, 0.1) is 17.0 Å². The van der Waals surface area contributed by atoms with E-state index in [0.29, 0.717) is 37.2 Å². The molecule has 38 heavy (non-hydrogen) atoms. The maximum Gasteiger partial charge on any atom is 0.395 e. The molecule has 0 aliphatic carbocycles. The number of benzene rings is 1. The average molecular weight is 616 g/mol. The summed E-state index contributed by atoms with van der Waals surface area (Å²) >= 11 is 16.0. The van der Waals surface area contributed by atoms with Crippen LogP contribution < -0.4 is 5.32 Å². The van der Waals surface area contributed by atoms with Crippen molar-refractivity contribution in [1.29, 1.82) is 0 Å². The van der Waals surface area contributed by atoms with Gasteiger partial charge in [0, 0.05) is 21.9 Å². The van der Waals surface area contributed by atoms with Crippen molar-refractivity contribution in [3.63, 3.8) is 0 Å². The molecule has 0 bridgehead atoms. The van der Waals surface area contributed by atoms with E-state index in [4.69, 9.17) is 27.6 Å². The highest BCUT2D eigenvalue weighted by Crippen LogP contribution is 2.36. The number of nitro groups is 1. The minimum atomic E-state index is -0.706. The summed E-state index contributed by atoms with van der Waals surface area (Å²) < 4.78 is 7.89. The lowest BCUT2D eigenvalue weighted by Crippen LogP contribution is -2.18. The first kappa shape index (κ1) is 25.4. The first-order valence-electron chi connectivity index (χ1n) is 10.6. The molecule has 0 radical (unpaired) electrons.